The Kier molecular flexibility index (Phi) is 6.14. The summed E-state index contributed by atoms with van der Waals surface area (Å²) in [5, 5.41) is 14.6. The van der Waals surface area contributed by atoms with Gasteiger partial charge in [0.25, 0.3) is 0 Å². The summed E-state index contributed by atoms with van der Waals surface area (Å²) >= 11 is 1.59. The van der Waals surface area contributed by atoms with Gasteiger partial charge in [-0.1, -0.05) is 46.0 Å². The molecule has 1 aliphatic rings. The van der Waals surface area contributed by atoms with Crippen LogP contribution in [0.3, 0.4) is 0 Å². The normalized spacial score (nSPS) is 28.3. The maximum Gasteiger partial charge on any atom is 0.231 e. The van der Waals surface area contributed by atoms with Crippen molar-refractivity contribution in [2.24, 2.45) is 39.8 Å². The van der Waals surface area contributed by atoms with E-state index in [-0.39, 0.29) is 6.04 Å². The standard InChI is InChI=1S/C26H38N6S/c1-11-13(3)17(7)23(18(8)14(11)4)32-25(27)22(20(10)31-32)29-30-26-28-21-16(6)12(2)15(5)19(9)24(21)33-26/h11,13-14,17-18,23H,27H2,1-10H3/b30-29+. The molecule has 6 nitrogen and oxygen atoms in total. The zero-order valence-corrected chi connectivity index (χ0v) is 22.5. The third-order valence-corrected chi connectivity index (χ3v) is 10.1. The van der Waals surface area contributed by atoms with E-state index in [1.54, 1.807) is 11.3 Å². The van der Waals surface area contributed by atoms with Gasteiger partial charge in [0, 0.05) is 0 Å². The van der Waals surface area contributed by atoms with E-state index in [1.807, 2.05) is 11.6 Å². The predicted molar refractivity (Wildman–Crippen MR) is 139 cm³/mol. The number of aryl methyl sites for hydroxylation is 3. The van der Waals surface area contributed by atoms with Crippen molar-refractivity contribution in [3.63, 3.8) is 0 Å². The van der Waals surface area contributed by atoms with Crippen LogP contribution in [-0.2, 0) is 0 Å². The van der Waals surface area contributed by atoms with Gasteiger partial charge in [0.05, 0.1) is 22.0 Å². The first-order valence-electron chi connectivity index (χ1n) is 12.1. The van der Waals surface area contributed by atoms with Crippen LogP contribution in [-0.4, -0.2) is 14.8 Å². The molecule has 0 aliphatic heterocycles. The lowest BCUT2D eigenvalue weighted by Gasteiger charge is -2.47. The Morgan fingerprint density at radius 2 is 1.30 bits per heavy atom. The van der Waals surface area contributed by atoms with E-state index in [4.69, 9.17) is 15.8 Å². The van der Waals surface area contributed by atoms with Gasteiger partial charge in [0.1, 0.15) is 5.82 Å². The molecule has 0 saturated heterocycles. The van der Waals surface area contributed by atoms with Crippen molar-refractivity contribution in [2.75, 3.05) is 5.73 Å². The molecule has 3 aromatic rings. The van der Waals surface area contributed by atoms with Crippen molar-refractivity contribution < 1.29 is 0 Å². The molecule has 4 atom stereocenters. The second-order valence-corrected chi connectivity index (χ2v) is 11.4. The van der Waals surface area contributed by atoms with E-state index in [0.717, 1.165) is 11.2 Å². The van der Waals surface area contributed by atoms with Crippen LogP contribution in [0.25, 0.3) is 10.2 Å². The molecule has 0 radical (unpaired) electrons. The number of azo groups is 1. The van der Waals surface area contributed by atoms with E-state index >= 15 is 0 Å². The first-order valence-corrected chi connectivity index (χ1v) is 12.9. The molecule has 0 bridgehead atoms. The van der Waals surface area contributed by atoms with Crippen molar-refractivity contribution in [3.8, 4) is 0 Å². The maximum absolute atomic E-state index is 6.64. The minimum absolute atomic E-state index is 0.257. The number of nitrogens with two attached hydrogens (primary N) is 1. The van der Waals surface area contributed by atoms with Gasteiger partial charge in [-0.05, 0) is 86.5 Å². The summed E-state index contributed by atoms with van der Waals surface area (Å²) in [6.45, 7) is 22.4. The Morgan fingerprint density at radius 3 is 1.91 bits per heavy atom. The van der Waals surface area contributed by atoms with Gasteiger partial charge in [0.2, 0.25) is 5.13 Å². The lowest BCUT2D eigenvalue weighted by molar-refractivity contribution is 0.0227. The van der Waals surface area contributed by atoms with Gasteiger partial charge in [-0.3, -0.25) is 0 Å². The SMILES string of the molecule is Cc1nn(C2C(C)C(C)C(C)C(C)C2C)c(N)c1/N=N/c1nc2c(C)c(C)c(C)c(C)c2s1. The van der Waals surface area contributed by atoms with Gasteiger partial charge in [-0.25, -0.2) is 9.67 Å². The topological polar surface area (TPSA) is 81.5 Å². The Bertz CT molecular complexity index is 1170. The summed E-state index contributed by atoms with van der Waals surface area (Å²) in [4.78, 5) is 4.79. The summed E-state index contributed by atoms with van der Waals surface area (Å²) in [5.74, 6) is 3.47. The fourth-order valence-electron chi connectivity index (χ4n) is 5.75. The molecule has 4 rings (SSSR count). The number of fused-ring (bicyclic) bond motifs is 1. The van der Waals surface area contributed by atoms with Crippen LogP contribution < -0.4 is 5.73 Å². The fourth-order valence-corrected chi connectivity index (χ4v) is 6.76. The highest BCUT2D eigenvalue weighted by Crippen LogP contribution is 2.49. The van der Waals surface area contributed by atoms with Gasteiger partial charge in [-0.2, -0.15) is 5.10 Å². The highest BCUT2D eigenvalue weighted by atomic mass is 32.1. The van der Waals surface area contributed by atoms with E-state index < -0.39 is 0 Å². The van der Waals surface area contributed by atoms with Crippen LogP contribution in [0.2, 0.25) is 0 Å². The number of aromatic nitrogens is 3. The van der Waals surface area contributed by atoms with Crippen LogP contribution in [0.15, 0.2) is 10.2 Å². The summed E-state index contributed by atoms with van der Waals surface area (Å²) < 4.78 is 3.21. The Morgan fingerprint density at radius 1 is 0.758 bits per heavy atom. The monoisotopic (exact) mass is 466 g/mol. The van der Waals surface area contributed by atoms with E-state index in [9.17, 15) is 0 Å². The van der Waals surface area contributed by atoms with Crippen molar-refractivity contribution in [2.45, 2.75) is 75.3 Å². The number of benzene rings is 1. The smallest absolute Gasteiger partial charge is 0.231 e. The Hall–Kier alpha value is -2.28. The van der Waals surface area contributed by atoms with Crippen molar-refractivity contribution in [3.05, 3.63) is 27.9 Å². The van der Waals surface area contributed by atoms with Crippen LogP contribution in [0.4, 0.5) is 16.6 Å². The number of thiazole rings is 1. The quantitative estimate of drug-likeness (QED) is 0.400. The van der Waals surface area contributed by atoms with E-state index in [0.29, 0.717) is 46.2 Å². The van der Waals surface area contributed by atoms with Crippen molar-refractivity contribution in [1.82, 2.24) is 14.8 Å². The fraction of sp³-hybridized carbons (Fsp3) is 0.615. The Labute approximate surface area is 201 Å². The zero-order valence-electron chi connectivity index (χ0n) is 21.7. The van der Waals surface area contributed by atoms with Crippen LogP contribution in [0.5, 0.6) is 0 Å². The molecule has 7 heteroatoms. The largest absolute Gasteiger partial charge is 0.382 e. The highest BCUT2D eigenvalue weighted by molar-refractivity contribution is 7.22. The number of hydrogen-bond donors (Lipinski definition) is 1. The zero-order chi connectivity index (χ0) is 24.4. The number of anilines is 1. The van der Waals surface area contributed by atoms with Crippen molar-refractivity contribution in [1.29, 1.82) is 0 Å². The molecule has 0 spiro atoms. The number of rotatable bonds is 3. The van der Waals surface area contributed by atoms with Crippen LogP contribution in [0.1, 0.15) is 68.6 Å². The molecule has 2 heterocycles. The molecule has 1 saturated carbocycles. The average molecular weight is 467 g/mol. The number of hydrogen-bond acceptors (Lipinski definition) is 6. The number of nitrogen functional groups attached to an aromatic ring is 1. The third kappa shape index (κ3) is 3.69. The molecule has 2 aromatic heterocycles. The molecule has 0 amide bonds. The maximum atomic E-state index is 6.64. The highest BCUT2D eigenvalue weighted by Gasteiger charge is 2.43. The molecule has 4 unspecified atom stereocenters. The summed E-state index contributed by atoms with van der Waals surface area (Å²) in [5.41, 5.74) is 14.2. The third-order valence-electron chi connectivity index (χ3n) is 9.00. The molecule has 1 aliphatic carbocycles. The van der Waals surface area contributed by atoms with Gasteiger partial charge >= 0.3 is 0 Å². The average Bonchev–Trinajstić information content (AvgIpc) is 3.33. The second kappa shape index (κ2) is 8.49. The molecule has 33 heavy (non-hydrogen) atoms. The minimum Gasteiger partial charge on any atom is -0.382 e. The summed E-state index contributed by atoms with van der Waals surface area (Å²) in [6, 6.07) is 0.257. The molecule has 2 N–H and O–H groups in total. The minimum atomic E-state index is 0.257. The first-order chi connectivity index (χ1) is 15.5. The summed E-state index contributed by atoms with van der Waals surface area (Å²) in [6.07, 6.45) is 0. The van der Waals surface area contributed by atoms with Crippen LogP contribution in [0, 0.1) is 64.2 Å². The lowest BCUT2D eigenvalue weighted by atomic mass is 9.62. The predicted octanol–water partition coefficient (Wildman–Crippen LogP) is 7.77. The van der Waals surface area contributed by atoms with Gasteiger partial charge in [0.15, 0.2) is 5.69 Å². The molecule has 178 valence electrons. The van der Waals surface area contributed by atoms with E-state index in [1.165, 1.54) is 27.0 Å². The lowest BCUT2D eigenvalue weighted by Crippen LogP contribution is -2.42. The first kappa shape index (κ1) is 23.9. The molecule has 1 aromatic carbocycles. The molecule has 1 fully saturated rings. The van der Waals surface area contributed by atoms with Gasteiger partial charge < -0.3 is 5.73 Å². The van der Waals surface area contributed by atoms with E-state index in [2.05, 4.69) is 72.5 Å². The molecular formula is C26H38N6S. The Balaban J connectivity index is 1.71. The van der Waals surface area contributed by atoms with Crippen molar-refractivity contribution >= 4 is 38.2 Å². The number of nitrogens with zero attached hydrogens (tertiary/aromatic N) is 5. The summed E-state index contributed by atoms with van der Waals surface area (Å²) in [7, 11) is 0. The second-order valence-electron chi connectivity index (χ2n) is 10.4. The molecular weight excluding hydrogens is 428 g/mol. The van der Waals surface area contributed by atoms with Gasteiger partial charge in [-0.15, -0.1) is 10.2 Å². The van der Waals surface area contributed by atoms with Crippen LogP contribution >= 0.6 is 11.3 Å².